The summed E-state index contributed by atoms with van der Waals surface area (Å²) in [4.78, 5) is 0. The molecule has 0 amide bonds. The van der Waals surface area contributed by atoms with E-state index in [1.165, 1.54) is 12.8 Å². The molecule has 0 spiro atoms. The van der Waals surface area contributed by atoms with Crippen LogP contribution in [0.5, 0.6) is 0 Å². The third-order valence-electron chi connectivity index (χ3n) is 2.91. The Balaban J connectivity index is 2.23. The number of rotatable bonds is 9. The van der Waals surface area contributed by atoms with Crippen LogP contribution in [0, 0.1) is 0 Å². The zero-order valence-corrected chi connectivity index (χ0v) is 11.5. The first-order valence-corrected chi connectivity index (χ1v) is 7.13. The van der Waals surface area contributed by atoms with E-state index in [4.69, 9.17) is 4.74 Å². The van der Waals surface area contributed by atoms with Gasteiger partial charge in [-0.25, -0.2) is 0 Å². The van der Waals surface area contributed by atoms with Gasteiger partial charge in [-0.05, 0) is 26.2 Å². The summed E-state index contributed by atoms with van der Waals surface area (Å²) in [5.41, 5.74) is -0.110. The molecule has 1 aliphatic carbocycles. The van der Waals surface area contributed by atoms with Crippen LogP contribution in [-0.4, -0.2) is 48.0 Å². The lowest BCUT2D eigenvalue weighted by Gasteiger charge is -2.31. The van der Waals surface area contributed by atoms with Crippen molar-refractivity contribution in [3.63, 3.8) is 0 Å². The topological polar surface area (TPSA) is 41.5 Å². The number of aliphatic hydroxyl groups is 1. The normalized spacial score (nSPS) is 21.8. The molecule has 1 fully saturated rings. The predicted octanol–water partition coefficient (Wildman–Crippen LogP) is 1.65. The zero-order valence-electron chi connectivity index (χ0n) is 10.7. The number of hydrogen-bond acceptors (Lipinski definition) is 4. The Morgan fingerprint density at radius 3 is 2.75 bits per heavy atom. The summed E-state index contributed by atoms with van der Waals surface area (Å²) in [6.07, 6.45) is 3.54. The van der Waals surface area contributed by atoms with Crippen molar-refractivity contribution in [1.82, 2.24) is 5.32 Å². The van der Waals surface area contributed by atoms with Gasteiger partial charge in [0.2, 0.25) is 0 Å². The highest BCUT2D eigenvalue weighted by molar-refractivity contribution is 7.99. The van der Waals surface area contributed by atoms with Crippen LogP contribution in [0.1, 0.15) is 33.1 Å². The first-order chi connectivity index (χ1) is 7.59. The van der Waals surface area contributed by atoms with E-state index in [0.29, 0.717) is 11.3 Å². The first-order valence-electron chi connectivity index (χ1n) is 6.09. The van der Waals surface area contributed by atoms with Gasteiger partial charge in [-0.2, -0.15) is 11.8 Å². The highest BCUT2D eigenvalue weighted by atomic mass is 32.2. The maximum Gasteiger partial charge on any atom is 0.0611 e. The van der Waals surface area contributed by atoms with Crippen molar-refractivity contribution < 1.29 is 9.84 Å². The van der Waals surface area contributed by atoms with Crippen LogP contribution in [-0.2, 0) is 4.74 Å². The number of aliphatic hydroxyl groups excluding tert-OH is 1. The largest absolute Gasteiger partial charge is 0.394 e. The molecule has 0 aromatic rings. The van der Waals surface area contributed by atoms with Gasteiger partial charge in [-0.1, -0.05) is 6.92 Å². The molecule has 2 N–H and O–H groups in total. The molecule has 0 aromatic heterocycles. The minimum Gasteiger partial charge on any atom is -0.394 e. The highest BCUT2D eigenvalue weighted by Crippen LogP contribution is 2.27. The van der Waals surface area contributed by atoms with E-state index < -0.39 is 0 Å². The van der Waals surface area contributed by atoms with Gasteiger partial charge in [-0.3, -0.25) is 0 Å². The summed E-state index contributed by atoms with van der Waals surface area (Å²) < 4.78 is 5.04. The van der Waals surface area contributed by atoms with Crippen LogP contribution in [0.4, 0.5) is 0 Å². The molecular weight excluding hydrogens is 222 g/mol. The van der Waals surface area contributed by atoms with Crippen LogP contribution < -0.4 is 5.32 Å². The lowest BCUT2D eigenvalue weighted by Crippen LogP contribution is -2.48. The van der Waals surface area contributed by atoms with E-state index >= 15 is 0 Å². The van der Waals surface area contributed by atoms with Crippen molar-refractivity contribution >= 4 is 11.8 Å². The van der Waals surface area contributed by atoms with Crippen LogP contribution >= 0.6 is 11.8 Å². The Morgan fingerprint density at radius 1 is 1.56 bits per heavy atom. The van der Waals surface area contributed by atoms with E-state index in [-0.39, 0.29) is 12.1 Å². The molecule has 0 saturated heterocycles. The van der Waals surface area contributed by atoms with Crippen molar-refractivity contribution in [3.8, 4) is 0 Å². The molecule has 2 atom stereocenters. The summed E-state index contributed by atoms with van der Waals surface area (Å²) >= 11 is 1.91. The van der Waals surface area contributed by atoms with Crippen molar-refractivity contribution in [1.29, 1.82) is 0 Å². The second-order valence-corrected chi connectivity index (χ2v) is 6.56. The maximum absolute atomic E-state index is 9.49. The molecule has 16 heavy (non-hydrogen) atoms. The maximum atomic E-state index is 9.49. The Bertz CT molecular complexity index is 199. The van der Waals surface area contributed by atoms with E-state index in [1.807, 2.05) is 11.8 Å². The van der Waals surface area contributed by atoms with Crippen LogP contribution in [0.15, 0.2) is 0 Å². The van der Waals surface area contributed by atoms with Gasteiger partial charge in [-0.15, -0.1) is 0 Å². The van der Waals surface area contributed by atoms with Gasteiger partial charge < -0.3 is 15.2 Å². The Morgan fingerprint density at radius 2 is 2.25 bits per heavy atom. The lowest BCUT2D eigenvalue weighted by molar-refractivity contribution is 0.164. The fourth-order valence-electron chi connectivity index (χ4n) is 1.92. The molecule has 0 aromatic carbocycles. The van der Waals surface area contributed by atoms with Crippen LogP contribution in [0.2, 0.25) is 0 Å². The highest BCUT2D eigenvalue weighted by Gasteiger charge is 2.33. The molecule has 0 bridgehead atoms. The van der Waals surface area contributed by atoms with Gasteiger partial charge in [0.25, 0.3) is 0 Å². The molecule has 3 nitrogen and oxygen atoms in total. The first kappa shape index (κ1) is 14.3. The van der Waals surface area contributed by atoms with Gasteiger partial charge in [0.05, 0.1) is 13.2 Å². The van der Waals surface area contributed by atoms with Crippen LogP contribution in [0.25, 0.3) is 0 Å². The summed E-state index contributed by atoms with van der Waals surface area (Å²) in [5, 5.41) is 13.6. The number of methoxy groups -OCH3 is 1. The monoisotopic (exact) mass is 247 g/mol. The molecular formula is C12H25NO2S. The van der Waals surface area contributed by atoms with Crippen LogP contribution in [0.3, 0.4) is 0 Å². The zero-order chi connectivity index (χ0) is 12.0. The van der Waals surface area contributed by atoms with E-state index in [2.05, 4.69) is 19.2 Å². The Labute approximate surface area is 103 Å². The van der Waals surface area contributed by atoms with E-state index in [1.54, 1.807) is 7.11 Å². The Hall–Kier alpha value is 0.230. The minimum absolute atomic E-state index is 0.110. The molecule has 1 saturated carbocycles. The fourth-order valence-corrected chi connectivity index (χ4v) is 3.07. The summed E-state index contributed by atoms with van der Waals surface area (Å²) in [7, 11) is 1.73. The fraction of sp³-hybridized carbons (Fsp3) is 1.00. The smallest absolute Gasteiger partial charge is 0.0611 e. The molecule has 0 aliphatic heterocycles. The molecule has 0 radical (unpaired) electrons. The Kier molecular flexibility index (Phi) is 6.11. The molecule has 4 heteroatoms. The minimum atomic E-state index is -0.110. The summed E-state index contributed by atoms with van der Waals surface area (Å²) in [6.45, 7) is 5.38. The number of ether oxygens (including phenoxy) is 1. The van der Waals surface area contributed by atoms with Crippen molar-refractivity contribution in [2.75, 3.05) is 26.1 Å². The molecule has 1 aliphatic rings. The quantitative estimate of drug-likeness (QED) is 0.608. The van der Waals surface area contributed by atoms with Gasteiger partial charge in [0.15, 0.2) is 0 Å². The second kappa shape index (κ2) is 6.84. The number of thioether (sulfide) groups is 1. The number of nitrogens with one attached hydrogen (secondary N) is 1. The third kappa shape index (κ3) is 5.53. The summed E-state index contributed by atoms with van der Waals surface area (Å²) in [5.74, 6) is 1.03. The third-order valence-corrected chi connectivity index (χ3v) is 4.04. The van der Waals surface area contributed by atoms with Gasteiger partial charge >= 0.3 is 0 Å². The predicted molar refractivity (Wildman–Crippen MR) is 70.1 cm³/mol. The SMILES string of the molecule is COCCSC(C)CC(C)(CO)NC1CC1. The summed E-state index contributed by atoms with van der Waals surface area (Å²) in [6, 6.07) is 0.647. The number of hydrogen-bond donors (Lipinski definition) is 2. The van der Waals surface area contributed by atoms with Crippen molar-refractivity contribution in [2.45, 2.75) is 49.9 Å². The van der Waals surface area contributed by atoms with Gasteiger partial charge in [0, 0.05) is 29.7 Å². The lowest BCUT2D eigenvalue weighted by atomic mass is 9.97. The molecule has 0 heterocycles. The van der Waals surface area contributed by atoms with Gasteiger partial charge in [0.1, 0.15) is 0 Å². The second-order valence-electron chi connectivity index (χ2n) is 5.02. The standard InChI is InChI=1S/C12H25NO2S/c1-10(16-7-6-15-3)8-12(2,9-14)13-11-4-5-11/h10-11,13-14H,4-9H2,1-3H3. The van der Waals surface area contributed by atoms with E-state index in [9.17, 15) is 5.11 Å². The van der Waals surface area contributed by atoms with Crippen molar-refractivity contribution in [3.05, 3.63) is 0 Å². The average molecular weight is 247 g/mol. The van der Waals surface area contributed by atoms with Crippen molar-refractivity contribution in [2.24, 2.45) is 0 Å². The molecule has 96 valence electrons. The molecule has 2 unspecified atom stereocenters. The average Bonchev–Trinajstić information content (AvgIpc) is 3.02. The van der Waals surface area contributed by atoms with E-state index in [0.717, 1.165) is 18.8 Å². The molecule has 1 rings (SSSR count).